The fraction of sp³-hybridized carbons (Fsp3) is 0.682. The molecule has 1 aromatic carbocycles. The summed E-state index contributed by atoms with van der Waals surface area (Å²) in [5, 5.41) is 6.83. The molecule has 7 heteroatoms. The molecule has 0 unspecified atom stereocenters. The Bertz CT molecular complexity index is 614. The minimum absolute atomic E-state index is 0.365. The van der Waals surface area contributed by atoms with E-state index in [2.05, 4.69) is 44.8 Å². The van der Waals surface area contributed by atoms with E-state index in [1.807, 2.05) is 7.05 Å². The molecule has 0 aromatic heterocycles. The van der Waals surface area contributed by atoms with E-state index in [4.69, 9.17) is 14.2 Å². The number of ether oxygens (including phenoxy) is 3. The normalized spacial score (nSPS) is 19.3. The van der Waals surface area contributed by atoms with E-state index in [9.17, 15) is 0 Å². The summed E-state index contributed by atoms with van der Waals surface area (Å²) in [6.07, 6.45) is 3.36. The van der Waals surface area contributed by atoms with Crippen molar-refractivity contribution in [3.8, 4) is 0 Å². The molecule has 2 N–H and O–H groups in total. The lowest BCUT2D eigenvalue weighted by Gasteiger charge is -2.27. The number of nitrogens with one attached hydrogen (secondary N) is 2. The number of morpholine rings is 1. The molecule has 162 valence electrons. The van der Waals surface area contributed by atoms with Gasteiger partial charge in [-0.3, -0.25) is 9.89 Å². The second-order valence-electron chi connectivity index (χ2n) is 7.55. The minimum atomic E-state index is 0.365. The lowest BCUT2D eigenvalue weighted by Crippen LogP contribution is -2.38. The van der Waals surface area contributed by atoms with Crippen LogP contribution in [0.3, 0.4) is 0 Å². The van der Waals surface area contributed by atoms with E-state index in [0.717, 1.165) is 91.0 Å². The summed E-state index contributed by atoms with van der Waals surface area (Å²) in [7, 11) is 1.81. The maximum Gasteiger partial charge on any atom is 0.191 e. The summed E-state index contributed by atoms with van der Waals surface area (Å²) in [6.45, 7) is 8.66. The van der Waals surface area contributed by atoms with Crippen LogP contribution in [0.4, 0.5) is 0 Å². The zero-order chi connectivity index (χ0) is 20.2. The van der Waals surface area contributed by atoms with Crippen LogP contribution in [-0.2, 0) is 27.3 Å². The highest BCUT2D eigenvalue weighted by molar-refractivity contribution is 5.79. The number of aliphatic imine (C=N–C) groups is 1. The molecule has 2 aliphatic rings. The molecule has 0 amide bonds. The number of hydrogen-bond donors (Lipinski definition) is 2. The fourth-order valence-electron chi connectivity index (χ4n) is 3.66. The highest BCUT2D eigenvalue weighted by atomic mass is 16.5. The molecule has 29 heavy (non-hydrogen) atoms. The molecule has 7 nitrogen and oxygen atoms in total. The van der Waals surface area contributed by atoms with Crippen molar-refractivity contribution in [1.29, 1.82) is 0 Å². The van der Waals surface area contributed by atoms with E-state index < -0.39 is 0 Å². The van der Waals surface area contributed by atoms with Gasteiger partial charge >= 0.3 is 0 Å². The molecular weight excluding hydrogens is 368 g/mol. The topological polar surface area (TPSA) is 67.4 Å². The Morgan fingerprint density at radius 1 is 1.07 bits per heavy atom. The minimum Gasteiger partial charge on any atom is -0.381 e. The molecule has 0 atom stereocenters. The van der Waals surface area contributed by atoms with Gasteiger partial charge < -0.3 is 24.8 Å². The summed E-state index contributed by atoms with van der Waals surface area (Å²) in [5.41, 5.74) is 2.67. The van der Waals surface area contributed by atoms with Crippen LogP contribution in [0.1, 0.15) is 30.4 Å². The standard InChI is InChI=1S/C22H36N4O3/c1-23-22(24-9-4-12-29-21-7-13-27-14-8-21)25-17-19-5-2-3-6-20(19)18-26-10-15-28-16-11-26/h2-3,5-6,21H,4,7-18H2,1H3,(H2,23,24,25). The van der Waals surface area contributed by atoms with E-state index >= 15 is 0 Å². The Kier molecular flexibility index (Phi) is 9.72. The van der Waals surface area contributed by atoms with Crippen molar-refractivity contribution < 1.29 is 14.2 Å². The van der Waals surface area contributed by atoms with E-state index in [1.165, 1.54) is 11.1 Å². The summed E-state index contributed by atoms with van der Waals surface area (Å²) in [4.78, 5) is 6.80. The second-order valence-corrected chi connectivity index (χ2v) is 7.55. The summed E-state index contributed by atoms with van der Waals surface area (Å²) < 4.78 is 16.7. The number of nitrogens with zero attached hydrogens (tertiary/aromatic N) is 2. The monoisotopic (exact) mass is 404 g/mol. The van der Waals surface area contributed by atoms with Gasteiger partial charge in [-0.1, -0.05) is 24.3 Å². The van der Waals surface area contributed by atoms with Gasteiger partial charge in [0.05, 0.1) is 19.3 Å². The van der Waals surface area contributed by atoms with Gasteiger partial charge in [0.25, 0.3) is 0 Å². The largest absolute Gasteiger partial charge is 0.381 e. The summed E-state index contributed by atoms with van der Waals surface area (Å²) >= 11 is 0. The Hall–Kier alpha value is -1.67. The molecule has 2 fully saturated rings. The van der Waals surface area contributed by atoms with Gasteiger partial charge in [-0.05, 0) is 30.4 Å². The van der Waals surface area contributed by atoms with Gasteiger partial charge in [-0.15, -0.1) is 0 Å². The molecule has 0 bridgehead atoms. The molecule has 0 saturated carbocycles. The smallest absolute Gasteiger partial charge is 0.191 e. The van der Waals surface area contributed by atoms with Gasteiger partial charge in [-0.25, -0.2) is 0 Å². The van der Waals surface area contributed by atoms with Gasteiger partial charge in [0.15, 0.2) is 5.96 Å². The predicted molar refractivity (Wildman–Crippen MR) is 115 cm³/mol. The zero-order valence-electron chi connectivity index (χ0n) is 17.7. The van der Waals surface area contributed by atoms with Gasteiger partial charge in [0, 0.05) is 59.6 Å². The molecular formula is C22H36N4O3. The van der Waals surface area contributed by atoms with Crippen molar-refractivity contribution in [2.45, 2.75) is 38.5 Å². The van der Waals surface area contributed by atoms with Crippen LogP contribution >= 0.6 is 0 Å². The summed E-state index contributed by atoms with van der Waals surface area (Å²) in [6, 6.07) is 8.63. The highest BCUT2D eigenvalue weighted by Gasteiger charge is 2.14. The first kappa shape index (κ1) is 22.0. The van der Waals surface area contributed by atoms with E-state index in [-0.39, 0.29) is 0 Å². The lowest BCUT2D eigenvalue weighted by molar-refractivity contribution is -0.0320. The Labute approximate surface area is 174 Å². The van der Waals surface area contributed by atoms with Crippen LogP contribution in [0.15, 0.2) is 29.3 Å². The number of guanidine groups is 1. The van der Waals surface area contributed by atoms with Gasteiger partial charge in [-0.2, -0.15) is 0 Å². The molecule has 3 rings (SSSR count). The molecule has 2 saturated heterocycles. The maximum absolute atomic E-state index is 5.92. The quantitative estimate of drug-likeness (QED) is 0.372. The molecule has 1 aromatic rings. The summed E-state index contributed by atoms with van der Waals surface area (Å²) in [5.74, 6) is 0.831. The van der Waals surface area contributed by atoms with Crippen LogP contribution in [0.25, 0.3) is 0 Å². The van der Waals surface area contributed by atoms with Crippen molar-refractivity contribution >= 4 is 5.96 Å². The molecule has 2 heterocycles. The third-order valence-electron chi connectivity index (χ3n) is 5.42. The maximum atomic E-state index is 5.92. The molecule has 0 spiro atoms. The Morgan fingerprint density at radius 3 is 2.55 bits per heavy atom. The Morgan fingerprint density at radius 2 is 1.79 bits per heavy atom. The van der Waals surface area contributed by atoms with Crippen LogP contribution in [-0.4, -0.2) is 76.7 Å². The fourth-order valence-corrected chi connectivity index (χ4v) is 3.66. The molecule has 0 aliphatic carbocycles. The third-order valence-corrected chi connectivity index (χ3v) is 5.42. The van der Waals surface area contributed by atoms with E-state index in [0.29, 0.717) is 6.10 Å². The average Bonchev–Trinajstić information content (AvgIpc) is 2.78. The number of hydrogen-bond acceptors (Lipinski definition) is 5. The first-order valence-electron chi connectivity index (χ1n) is 10.9. The number of benzene rings is 1. The zero-order valence-corrected chi connectivity index (χ0v) is 17.7. The van der Waals surface area contributed by atoms with Crippen LogP contribution < -0.4 is 10.6 Å². The van der Waals surface area contributed by atoms with Crippen molar-refractivity contribution in [1.82, 2.24) is 15.5 Å². The van der Waals surface area contributed by atoms with Crippen LogP contribution in [0, 0.1) is 0 Å². The lowest BCUT2D eigenvalue weighted by atomic mass is 10.1. The van der Waals surface area contributed by atoms with Crippen LogP contribution in [0.5, 0.6) is 0 Å². The SMILES string of the molecule is CN=C(NCCCOC1CCOCC1)NCc1ccccc1CN1CCOCC1. The third kappa shape index (κ3) is 7.93. The number of rotatable bonds is 9. The van der Waals surface area contributed by atoms with E-state index in [1.54, 1.807) is 0 Å². The Balaban J connectivity index is 1.36. The van der Waals surface area contributed by atoms with Crippen molar-refractivity contribution in [3.63, 3.8) is 0 Å². The van der Waals surface area contributed by atoms with Gasteiger partial charge in [0.1, 0.15) is 0 Å². The van der Waals surface area contributed by atoms with Crippen molar-refractivity contribution in [3.05, 3.63) is 35.4 Å². The van der Waals surface area contributed by atoms with Crippen LogP contribution in [0.2, 0.25) is 0 Å². The average molecular weight is 405 g/mol. The highest BCUT2D eigenvalue weighted by Crippen LogP contribution is 2.13. The van der Waals surface area contributed by atoms with Crippen molar-refractivity contribution in [2.75, 3.05) is 59.7 Å². The molecule has 2 aliphatic heterocycles. The first-order valence-corrected chi connectivity index (χ1v) is 10.9. The van der Waals surface area contributed by atoms with Gasteiger partial charge in [0.2, 0.25) is 0 Å². The predicted octanol–water partition coefficient (Wildman–Crippen LogP) is 1.77. The molecule has 0 radical (unpaired) electrons. The first-order chi connectivity index (χ1) is 14.3. The van der Waals surface area contributed by atoms with Crippen molar-refractivity contribution in [2.24, 2.45) is 4.99 Å². The second kappa shape index (κ2) is 12.8.